The van der Waals surface area contributed by atoms with Gasteiger partial charge in [0, 0.05) is 24.8 Å². The highest BCUT2D eigenvalue weighted by Crippen LogP contribution is 2.24. The van der Waals surface area contributed by atoms with Crippen molar-refractivity contribution in [1.82, 2.24) is 9.78 Å². The van der Waals surface area contributed by atoms with Crippen molar-refractivity contribution in [2.45, 2.75) is 18.5 Å². The second kappa shape index (κ2) is 6.15. The molecule has 0 unspecified atom stereocenters. The van der Waals surface area contributed by atoms with Crippen LogP contribution in [0.2, 0.25) is 0 Å². The van der Waals surface area contributed by atoms with E-state index in [1.165, 1.54) is 16.9 Å². The van der Waals surface area contributed by atoms with Gasteiger partial charge in [0.1, 0.15) is 5.75 Å². The molecule has 0 bridgehead atoms. The normalized spacial score (nSPS) is 11.4. The Labute approximate surface area is 123 Å². The molecule has 1 heterocycles. The van der Waals surface area contributed by atoms with Crippen LogP contribution in [0.5, 0.6) is 5.75 Å². The van der Waals surface area contributed by atoms with E-state index in [0.29, 0.717) is 18.0 Å². The first-order valence-corrected chi connectivity index (χ1v) is 7.93. The summed E-state index contributed by atoms with van der Waals surface area (Å²) in [5, 5.41) is 3.94. The Morgan fingerprint density at radius 3 is 2.71 bits per heavy atom. The van der Waals surface area contributed by atoms with E-state index in [1.54, 1.807) is 25.2 Å². The number of aromatic nitrogens is 2. The fourth-order valence-corrected chi connectivity index (χ4v) is 3.11. The van der Waals surface area contributed by atoms with E-state index >= 15 is 0 Å². The molecule has 7 nitrogen and oxygen atoms in total. The van der Waals surface area contributed by atoms with Crippen LogP contribution < -0.4 is 15.2 Å². The van der Waals surface area contributed by atoms with Crippen LogP contribution in [0.4, 0.5) is 5.69 Å². The summed E-state index contributed by atoms with van der Waals surface area (Å²) < 4.78 is 33.7. The number of hydrogen-bond donors (Lipinski definition) is 2. The average molecular weight is 310 g/mol. The molecule has 0 aliphatic rings. The van der Waals surface area contributed by atoms with E-state index in [1.807, 2.05) is 6.92 Å². The molecule has 8 heteroatoms. The highest BCUT2D eigenvalue weighted by Gasteiger charge is 2.18. The molecule has 0 aliphatic heterocycles. The van der Waals surface area contributed by atoms with Crippen LogP contribution in [-0.2, 0) is 23.6 Å². The highest BCUT2D eigenvalue weighted by atomic mass is 32.2. The molecule has 1 aromatic carbocycles. The lowest BCUT2D eigenvalue weighted by molar-refractivity contribution is 0.336. The molecule has 0 saturated heterocycles. The quantitative estimate of drug-likeness (QED) is 0.831. The van der Waals surface area contributed by atoms with Crippen molar-refractivity contribution in [2.24, 2.45) is 12.8 Å². The van der Waals surface area contributed by atoms with Crippen LogP contribution in [0, 0.1) is 0 Å². The minimum atomic E-state index is -3.68. The summed E-state index contributed by atoms with van der Waals surface area (Å²) in [6, 6.07) is 6.44. The van der Waals surface area contributed by atoms with Crippen LogP contribution in [0.25, 0.3) is 0 Å². The molecule has 1 aromatic heterocycles. The summed E-state index contributed by atoms with van der Waals surface area (Å²) in [7, 11) is -2.11. The van der Waals surface area contributed by atoms with E-state index in [-0.39, 0.29) is 11.6 Å². The Morgan fingerprint density at radius 2 is 2.14 bits per heavy atom. The monoisotopic (exact) mass is 310 g/mol. The molecule has 3 N–H and O–H groups in total. The van der Waals surface area contributed by atoms with Gasteiger partial charge in [-0.25, -0.2) is 0 Å². The fourth-order valence-electron chi connectivity index (χ4n) is 1.93. The highest BCUT2D eigenvalue weighted by molar-refractivity contribution is 7.92. The number of benzene rings is 1. The number of sulfonamides is 1. The van der Waals surface area contributed by atoms with E-state index in [9.17, 15) is 8.42 Å². The number of anilines is 1. The molecule has 0 spiro atoms. The Bertz CT molecular complexity index is 725. The maximum absolute atomic E-state index is 12.3. The average Bonchev–Trinajstić information content (AvgIpc) is 2.87. The minimum absolute atomic E-state index is 0.0886. The van der Waals surface area contributed by atoms with E-state index in [2.05, 4.69) is 9.82 Å². The third-order valence-electron chi connectivity index (χ3n) is 2.88. The van der Waals surface area contributed by atoms with Gasteiger partial charge in [-0.15, -0.1) is 0 Å². The van der Waals surface area contributed by atoms with Gasteiger partial charge in [-0.05, 0) is 31.2 Å². The Balaban J connectivity index is 2.30. The molecule has 0 fully saturated rings. The largest absolute Gasteiger partial charge is 0.494 e. The number of hydrogen-bond acceptors (Lipinski definition) is 5. The van der Waals surface area contributed by atoms with Crippen molar-refractivity contribution in [2.75, 3.05) is 11.3 Å². The zero-order chi connectivity index (χ0) is 15.5. The standard InChI is InChI=1S/C13H18N4O3S/c1-3-20-12-5-4-11(8-10(12)9-14)16-21(18,19)13-6-7-15-17(13)2/h4-8,16H,3,9,14H2,1-2H3. The second-order valence-corrected chi connectivity index (χ2v) is 5.99. The molecule has 0 aliphatic carbocycles. The summed E-state index contributed by atoms with van der Waals surface area (Å²) in [6.07, 6.45) is 1.43. The summed E-state index contributed by atoms with van der Waals surface area (Å²) in [4.78, 5) is 0. The van der Waals surface area contributed by atoms with Gasteiger partial charge in [-0.2, -0.15) is 13.5 Å². The summed E-state index contributed by atoms with van der Waals surface area (Å²) in [5.74, 6) is 0.656. The van der Waals surface area contributed by atoms with Gasteiger partial charge in [-0.3, -0.25) is 9.40 Å². The predicted octanol–water partition coefficient (Wildman–Crippen LogP) is 1.08. The van der Waals surface area contributed by atoms with Gasteiger partial charge in [0.05, 0.1) is 12.8 Å². The lowest BCUT2D eigenvalue weighted by atomic mass is 10.2. The van der Waals surface area contributed by atoms with Gasteiger partial charge in [0.15, 0.2) is 5.03 Å². The molecule has 2 aromatic rings. The molecule has 2 rings (SSSR count). The first-order chi connectivity index (χ1) is 9.97. The van der Waals surface area contributed by atoms with Crippen molar-refractivity contribution in [1.29, 1.82) is 0 Å². The molecule has 0 saturated carbocycles. The fraction of sp³-hybridized carbons (Fsp3) is 0.308. The Kier molecular flexibility index (Phi) is 4.49. The van der Waals surface area contributed by atoms with Crippen molar-refractivity contribution in [3.63, 3.8) is 0 Å². The number of nitrogens with one attached hydrogen (secondary N) is 1. The predicted molar refractivity (Wildman–Crippen MR) is 79.5 cm³/mol. The molecule has 21 heavy (non-hydrogen) atoms. The van der Waals surface area contributed by atoms with E-state index < -0.39 is 10.0 Å². The van der Waals surface area contributed by atoms with Crippen molar-refractivity contribution in [3.05, 3.63) is 36.0 Å². The second-order valence-electron chi connectivity index (χ2n) is 4.36. The SMILES string of the molecule is CCOc1ccc(NS(=O)(=O)c2ccnn2C)cc1CN. The van der Waals surface area contributed by atoms with Crippen LogP contribution >= 0.6 is 0 Å². The number of ether oxygens (including phenoxy) is 1. The maximum Gasteiger partial charge on any atom is 0.279 e. The lowest BCUT2D eigenvalue weighted by Gasteiger charge is -2.12. The Hall–Kier alpha value is -2.06. The van der Waals surface area contributed by atoms with Crippen LogP contribution in [0.15, 0.2) is 35.5 Å². The third kappa shape index (κ3) is 3.34. The first-order valence-electron chi connectivity index (χ1n) is 6.44. The van der Waals surface area contributed by atoms with Crippen molar-refractivity contribution < 1.29 is 13.2 Å². The smallest absolute Gasteiger partial charge is 0.279 e. The van der Waals surface area contributed by atoms with E-state index in [4.69, 9.17) is 10.5 Å². The number of rotatable bonds is 6. The van der Waals surface area contributed by atoms with E-state index in [0.717, 1.165) is 5.56 Å². The Morgan fingerprint density at radius 1 is 1.38 bits per heavy atom. The van der Waals surface area contributed by atoms with Gasteiger partial charge >= 0.3 is 0 Å². The summed E-state index contributed by atoms with van der Waals surface area (Å²) >= 11 is 0. The third-order valence-corrected chi connectivity index (χ3v) is 4.34. The zero-order valence-electron chi connectivity index (χ0n) is 11.9. The maximum atomic E-state index is 12.3. The molecule has 114 valence electrons. The van der Waals surface area contributed by atoms with Gasteiger partial charge in [0.2, 0.25) is 0 Å². The number of nitrogens with zero attached hydrogens (tertiary/aromatic N) is 2. The van der Waals surface area contributed by atoms with Crippen LogP contribution in [0.3, 0.4) is 0 Å². The minimum Gasteiger partial charge on any atom is -0.494 e. The topological polar surface area (TPSA) is 99.2 Å². The van der Waals surface area contributed by atoms with Crippen molar-refractivity contribution in [3.8, 4) is 5.75 Å². The van der Waals surface area contributed by atoms with Gasteiger partial charge in [-0.1, -0.05) is 0 Å². The molecule has 0 atom stereocenters. The summed E-state index contributed by atoms with van der Waals surface area (Å²) in [5.41, 5.74) is 6.83. The van der Waals surface area contributed by atoms with Crippen molar-refractivity contribution >= 4 is 15.7 Å². The van der Waals surface area contributed by atoms with Gasteiger partial charge in [0.25, 0.3) is 10.0 Å². The molecular weight excluding hydrogens is 292 g/mol. The first kappa shape index (κ1) is 15.3. The van der Waals surface area contributed by atoms with Crippen LogP contribution in [-0.4, -0.2) is 24.8 Å². The van der Waals surface area contributed by atoms with Gasteiger partial charge < -0.3 is 10.5 Å². The summed E-state index contributed by atoms with van der Waals surface area (Å²) in [6.45, 7) is 2.66. The zero-order valence-corrected chi connectivity index (χ0v) is 12.7. The van der Waals surface area contributed by atoms with Crippen LogP contribution in [0.1, 0.15) is 12.5 Å². The molecule has 0 radical (unpaired) electrons. The number of aryl methyl sites for hydroxylation is 1. The molecular formula is C13H18N4O3S. The lowest BCUT2D eigenvalue weighted by Crippen LogP contribution is -2.17. The molecule has 0 amide bonds. The number of nitrogens with two attached hydrogens (primary N) is 1.